The fourth-order valence-corrected chi connectivity index (χ4v) is 3.17. The number of rotatable bonds is 3. The summed E-state index contributed by atoms with van der Waals surface area (Å²) < 4.78 is 5.98. The molecule has 0 aliphatic carbocycles. The van der Waals surface area contributed by atoms with Gasteiger partial charge in [0.05, 0.1) is 6.04 Å². The van der Waals surface area contributed by atoms with Gasteiger partial charge in [-0.25, -0.2) is 0 Å². The molecule has 2 aromatic carbocycles. The molecule has 94 valence electrons. The van der Waals surface area contributed by atoms with E-state index in [4.69, 9.17) is 4.74 Å². The number of thioether (sulfide) groups is 1. The van der Waals surface area contributed by atoms with Crippen LogP contribution in [0.3, 0.4) is 0 Å². The van der Waals surface area contributed by atoms with Crippen LogP contribution < -0.4 is 10.1 Å². The summed E-state index contributed by atoms with van der Waals surface area (Å²) >= 11 is 2.00. The third-order valence-electron chi connectivity index (χ3n) is 3.19. The minimum atomic E-state index is 0.475. The molecule has 0 aromatic heterocycles. The second-order valence-corrected chi connectivity index (χ2v) is 5.66. The molecule has 0 bridgehead atoms. The highest BCUT2D eigenvalue weighted by molar-refractivity contribution is 7.99. The molecular formula is C15H17NOS. The number of nitrogens with one attached hydrogen (secondary N) is 1. The molecular weight excluding hydrogens is 242 g/mol. The van der Waals surface area contributed by atoms with Gasteiger partial charge in [-0.3, -0.25) is 0 Å². The van der Waals surface area contributed by atoms with E-state index in [2.05, 4.69) is 47.8 Å². The summed E-state index contributed by atoms with van der Waals surface area (Å²) in [4.78, 5) is 0. The van der Waals surface area contributed by atoms with Gasteiger partial charge in [-0.15, -0.1) is 0 Å². The van der Waals surface area contributed by atoms with Crippen LogP contribution in [0.2, 0.25) is 0 Å². The summed E-state index contributed by atoms with van der Waals surface area (Å²) in [5.74, 6) is 3.35. The van der Waals surface area contributed by atoms with Gasteiger partial charge in [-0.05, 0) is 11.5 Å². The van der Waals surface area contributed by atoms with Crippen LogP contribution in [0.5, 0.6) is 5.75 Å². The lowest BCUT2D eigenvalue weighted by atomic mass is 10.1. The molecule has 1 atom stereocenters. The van der Waals surface area contributed by atoms with E-state index >= 15 is 0 Å². The second-order valence-electron chi connectivity index (χ2n) is 4.51. The van der Waals surface area contributed by atoms with Crippen LogP contribution in [0.25, 0.3) is 10.8 Å². The predicted molar refractivity (Wildman–Crippen MR) is 78.6 cm³/mol. The summed E-state index contributed by atoms with van der Waals surface area (Å²) in [6, 6.07) is 15.1. The summed E-state index contributed by atoms with van der Waals surface area (Å²) in [5, 5.41) is 5.93. The Labute approximate surface area is 112 Å². The van der Waals surface area contributed by atoms with Gasteiger partial charge in [-0.2, -0.15) is 11.8 Å². The summed E-state index contributed by atoms with van der Waals surface area (Å²) in [5.41, 5.74) is 0. The Kier molecular flexibility index (Phi) is 3.72. The Morgan fingerprint density at radius 2 is 2.06 bits per heavy atom. The SMILES string of the molecule is c1ccc2c(OCC3CSCCN3)cccc2c1. The van der Waals surface area contributed by atoms with E-state index in [1.54, 1.807) is 0 Å². The molecule has 1 fully saturated rings. The number of benzene rings is 2. The standard InChI is InChI=1S/C15H17NOS/c1-2-6-14-12(4-1)5-3-7-15(14)17-10-13-11-18-9-8-16-13/h1-7,13,16H,8-11H2. The van der Waals surface area contributed by atoms with E-state index in [-0.39, 0.29) is 0 Å². The normalized spacial score (nSPS) is 19.9. The monoisotopic (exact) mass is 259 g/mol. The van der Waals surface area contributed by atoms with E-state index in [0.717, 1.165) is 24.7 Å². The Hall–Kier alpha value is -1.19. The maximum atomic E-state index is 5.98. The van der Waals surface area contributed by atoms with Crippen LogP contribution in [-0.2, 0) is 0 Å². The average molecular weight is 259 g/mol. The lowest BCUT2D eigenvalue weighted by Crippen LogP contribution is -2.41. The topological polar surface area (TPSA) is 21.3 Å². The summed E-state index contributed by atoms with van der Waals surface area (Å²) in [6.07, 6.45) is 0. The lowest BCUT2D eigenvalue weighted by Gasteiger charge is -2.23. The first kappa shape index (κ1) is 11.9. The van der Waals surface area contributed by atoms with Crippen molar-refractivity contribution in [2.75, 3.05) is 24.7 Å². The average Bonchev–Trinajstić information content (AvgIpc) is 2.46. The van der Waals surface area contributed by atoms with Crippen molar-refractivity contribution in [3.05, 3.63) is 42.5 Å². The molecule has 1 saturated heterocycles. The third-order valence-corrected chi connectivity index (χ3v) is 4.32. The van der Waals surface area contributed by atoms with Crippen molar-refractivity contribution in [1.29, 1.82) is 0 Å². The summed E-state index contributed by atoms with van der Waals surface area (Å²) in [6.45, 7) is 1.84. The van der Waals surface area contributed by atoms with Gasteiger partial charge in [-0.1, -0.05) is 36.4 Å². The Balaban J connectivity index is 1.74. The van der Waals surface area contributed by atoms with E-state index in [1.807, 2.05) is 11.8 Å². The third kappa shape index (κ3) is 2.62. The van der Waals surface area contributed by atoms with Gasteiger partial charge in [0.1, 0.15) is 12.4 Å². The molecule has 18 heavy (non-hydrogen) atoms. The molecule has 0 amide bonds. The molecule has 3 rings (SSSR count). The lowest BCUT2D eigenvalue weighted by molar-refractivity contribution is 0.279. The molecule has 0 radical (unpaired) electrons. The zero-order valence-corrected chi connectivity index (χ0v) is 11.1. The minimum Gasteiger partial charge on any atom is -0.491 e. The van der Waals surface area contributed by atoms with Crippen LogP contribution >= 0.6 is 11.8 Å². The van der Waals surface area contributed by atoms with E-state index in [0.29, 0.717) is 6.04 Å². The molecule has 2 nitrogen and oxygen atoms in total. The van der Waals surface area contributed by atoms with E-state index in [9.17, 15) is 0 Å². The van der Waals surface area contributed by atoms with Gasteiger partial charge in [0.15, 0.2) is 0 Å². The largest absolute Gasteiger partial charge is 0.491 e. The van der Waals surface area contributed by atoms with Gasteiger partial charge in [0.25, 0.3) is 0 Å². The van der Waals surface area contributed by atoms with E-state index in [1.165, 1.54) is 16.5 Å². The van der Waals surface area contributed by atoms with Crippen LogP contribution in [-0.4, -0.2) is 30.7 Å². The quantitative estimate of drug-likeness (QED) is 0.915. The van der Waals surface area contributed by atoms with Crippen LogP contribution in [0, 0.1) is 0 Å². The molecule has 1 unspecified atom stereocenters. The van der Waals surface area contributed by atoms with Gasteiger partial charge >= 0.3 is 0 Å². The van der Waals surface area contributed by atoms with Crippen molar-refractivity contribution in [1.82, 2.24) is 5.32 Å². The number of hydrogen-bond acceptors (Lipinski definition) is 3. The molecule has 1 N–H and O–H groups in total. The smallest absolute Gasteiger partial charge is 0.127 e. The second kappa shape index (κ2) is 5.63. The number of ether oxygens (including phenoxy) is 1. The predicted octanol–water partition coefficient (Wildman–Crippen LogP) is 2.92. The highest BCUT2D eigenvalue weighted by Gasteiger charge is 2.13. The zero-order chi connectivity index (χ0) is 12.2. The van der Waals surface area contributed by atoms with Crippen LogP contribution in [0.15, 0.2) is 42.5 Å². The van der Waals surface area contributed by atoms with Crippen molar-refractivity contribution in [2.45, 2.75) is 6.04 Å². The minimum absolute atomic E-state index is 0.475. The van der Waals surface area contributed by atoms with Gasteiger partial charge < -0.3 is 10.1 Å². The Morgan fingerprint density at radius 3 is 2.94 bits per heavy atom. The zero-order valence-electron chi connectivity index (χ0n) is 10.3. The van der Waals surface area contributed by atoms with Gasteiger partial charge in [0, 0.05) is 23.4 Å². The van der Waals surface area contributed by atoms with Crippen LogP contribution in [0.1, 0.15) is 0 Å². The van der Waals surface area contributed by atoms with E-state index < -0.39 is 0 Å². The maximum Gasteiger partial charge on any atom is 0.127 e. The molecule has 3 heteroatoms. The Morgan fingerprint density at radius 1 is 1.17 bits per heavy atom. The molecule has 1 heterocycles. The highest BCUT2D eigenvalue weighted by Crippen LogP contribution is 2.25. The fraction of sp³-hybridized carbons (Fsp3) is 0.333. The molecule has 2 aromatic rings. The first-order valence-electron chi connectivity index (χ1n) is 6.35. The highest BCUT2D eigenvalue weighted by atomic mass is 32.2. The van der Waals surface area contributed by atoms with Crippen molar-refractivity contribution in [3.63, 3.8) is 0 Å². The maximum absolute atomic E-state index is 5.98. The molecule has 1 aliphatic heterocycles. The van der Waals surface area contributed by atoms with Crippen molar-refractivity contribution in [2.24, 2.45) is 0 Å². The molecule has 1 aliphatic rings. The molecule has 0 spiro atoms. The number of fused-ring (bicyclic) bond motifs is 1. The van der Waals surface area contributed by atoms with Crippen molar-refractivity contribution in [3.8, 4) is 5.75 Å². The fourth-order valence-electron chi connectivity index (χ4n) is 2.24. The first-order chi connectivity index (χ1) is 8.93. The van der Waals surface area contributed by atoms with Crippen molar-refractivity contribution < 1.29 is 4.74 Å². The Bertz CT molecular complexity index is 517. The number of hydrogen-bond donors (Lipinski definition) is 1. The summed E-state index contributed by atoms with van der Waals surface area (Å²) in [7, 11) is 0. The van der Waals surface area contributed by atoms with Crippen LogP contribution in [0.4, 0.5) is 0 Å². The molecule has 0 saturated carbocycles. The van der Waals surface area contributed by atoms with Crippen molar-refractivity contribution >= 4 is 22.5 Å². The first-order valence-corrected chi connectivity index (χ1v) is 7.50. The van der Waals surface area contributed by atoms with Gasteiger partial charge in [0.2, 0.25) is 0 Å².